The first-order chi connectivity index (χ1) is 18.1. The molecule has 39 heavy (non-hydrogen) atoms. The Morgan fingerprint density at radius 2 is 1.90 bits per heavy atom. The van der Waals surface area contributed by atoms with Crippen molar-refractivity contribution in [1.82, 2.24) is 0 Å². The van der Waals surface area contributed by atoms with E-state index in [1.165, 1.54) is 31.1 Å². The van der Waals surface area contributed by atoms with Crippen LogP contribution in [0, 0.1) is 23.2 Å². The highest BCUT2D eigenvalue weighted by atomic mass is 32.2. The molecule has 3 unspecified atom stereocenters. The van der Waals surface area contributed by atoms with Gasteiger partial charge in [-0.05, 0) is 111 Å². The van der Waals surface area contributed by atoms with Gasteiger partial charge >= 0.3 is 5.97 Å². The van der Waals surface area contributed by atoms with Gasteiger partial charge in [0.2, 0.25) is 0 Å². The topological polar surface area (TPSA) is 69.7 Å². The van der Waals surface area contributed by atoms with Crippen LogP contribution in [0.25, 0.3) is 0 Å². The second-order valence-corrected chi connectivity index (χ2v) is 21.8. The molecule has 0 aromatic carbocycles. The largest absolute Gasteiger partial charge is 0.469 e. The third kappa shape index (κ3) is 6.30. The number of sulfone groups is 1. The number of methoxy groups -OCH3 is 1. The molecule has 2 saturated carbocycles. The second-order valence-electron chi connectivity index (χ2n) is 14.9. The van der Waals surface area contributed by atoms with Crippen molar-refractivity contribution in [2.45, 2.75) is 135 Å². The molecule has 1 heterocycles. The van der Waals surface area contributed by atoms with Crippen molar-refractivity contribution < 1.29 is 22.4 Å². The molecule has 6 atom stereocenters. The first-order valence-corrected chi connectivity index (χ1v) is 20.1. The van der Waals surface area contributed by atoms with E-state index in [1.54, 1.807) is 0 Å². The molecule has 1 aliphatic heterocycles. The Morgan fingerprint density at radius 3 is 2.56 bits per heavy atom. The van der Waals surface area contributed by atoms with Crippen molar-refractivity contribution in [2.75, 3.05) is 12.9 Å². The molecular formula is C32H54O5SSi. The van der Waals surface area contributed by atoms with Gasteiger partial charge in [-0.2, -0.15) is 0 Å². The number of rotatable bonds is 8. The summed E-state index contributed by atoms with van der Waals surface area (Å²) in [5, 5.41) is -0.306. The number of hydrogen-bond acceptors (Lipinski definition) is 5. The maximum atomic E-state index is 13.5. The highest BCUT2D eigenvalue weighted by Gasteiger charge is 2.51. The Bertz CT molecular complexity index is 1100. The molecule has 0 N–H and O–H groups in total. The minimum absolute atomic E-state index is 0.119. The molecule has 0 spiro atoms. The average Bonchev–Trinajstić information content (AvgIpc) is 3.31. The van der Waals surface area contributed by atoms with E-state index in [4.69, 9.17) is 9.16 Å². The molecule has 3 aliphatic carbocycles. The monoisotopic (exact) mass is 578 g/mol. The van der Waals surface area contributed by atoms with Crippen molar-refractivity contribution in [3.05, 3.63) is 22.8 Å². The van der Waals surface area contributed by atoms with Gasteiger partial charge in [-0.1, -0.05) is 51.8 Å². The standard InChI is InChI=1S/C32H54O5SSi/c1-22(11-9-13-30(33)36-6)27-16-17-28-23(12-10-18-32(27,28)5)19-29-26-20-25(37-39(7,8)31(2,3)4)15-14-24(26)21-38(29,34)35/h19,22,25,27-29H,9-18,20-21H2,1-8H3/b23-19+/t22-,25+,27?,28?,29?,32-/m1/s1. The number of hydrogen-bond donors (Lipinski definition) is 0. The van der Waals surface area contributed by atoms with Crippen LogP contribution in [0.15, 0.2) is 22.8 Å². The van der Waals surface area contributed by atoms with Crippen LogP contribution < -0.4 is 0 Å². The molecule has 2 fully saturated rings. The van der Waals surface area contributed by atoms with Crippen LogP contribution in [0.5, 0.6) is 0 Å². The zero-order valence-corrected chi connectivity index (χ0v) is 27.7. The fraction of sp³-hybridized carbons (Fsp3) is 0.844. The smallest absolute Gasteiger partial charge is 0.305 e. The Labute approximate surface area is 239 Å². The Morgan fingerprint density at radius 1 is 1.18 bits per heavy atom. The van der Waals surface area contributed by atoms with Gasteiger partial charge in [0.25, 0.3) is 0 Å². The summed E-state index contributed by atoms with van der Waals surface area (Å²) in [6.45, 7) is 16.3. The van der Waals surface area contributed by atoms with Gasteiger partial charge < -0.3 is 9.16 Å². The third-order valence-corrected chi connectivity index (χ3v) is 17.9. The zero-order valence-electron chi connectivity index (χ0n) is 25.9. The quantitative estimate of drug-likeness (QED) is 0.167. The van der Waals surface area contributed by atoms with Gasteiger partial charge in [0.05, 0.1) is 12.9 Å². The second kappa shape index (κ2) is 11.4. The minimum Gasteiger partial charge on any atom is -0.469 e. The summed E-state index contributed by atoms with van der Waals surface area (Å²) in [5.41, 5.74) is 3.96. The number of allylic oxidation sites excluding steroid dienone is 1. The van der Waals surface area contributed by atoms with Gasteiger partial charge in [0.1, 0.15) is 5.25 Å². The van der Waals surface area contributed by atoms with Crippen molar-refractivity contribution in [2.24, 2.45) is 23.2 Å². The Kier molecular flexibility index (Phi) is 9.06. The molecule has 0 saturated heterocycles. The van der Waals surface area contributed by atoms with Crippen LogP contribution in [-0.4, -0.2) is 46.9 Å². The number of carbonyl (C=O) groups excluding carboxylic acids is 1. The van der Waals surface area contributed by atoms with Crippen LogP contribution in [0.3, 0.4) is 0 Å². The van der Waals surface area contributed by atoms with E-state index in [9.17, 15) is 13.2 Å². The lowest BCUT2D eigenvalue weighted by molar-refractivity contribution is -0.140. The lowest BCUT2D eigenvalue weighted by Gasteiger charge is -2.44. The first kappa shape index (κ1) is 31.0. The molecule has 5 nitrogen and oxygen atoms in total. The van der Waals surface area contributed by atoms with E-state index in [0.717, 1.165) is 56.9 Å². The number of esters is 1. The maximum Gasteiger partial charge on any atom is 0.305 e. The van der Waals surface area contributed by atoms with Crippen molar-refractivity contribution >= 4 is 24.1 Å². The lowest BCUT2D eigenvalue weighted by atomic mass is 9.60. The molecule has 7 heteroatoms. The van der Waals surface area contributed by atoms with Gasteiger partial charge in [0.15, 0.2) is 18.2 Å². The van der Waals surface area contributed by atoms with Gasteiger partial charge in [-0.3, -0.25) is 4.79 Å². The molecule has 4 rings (SSSR count). The predicted molar refractivity (Wildman–Crippen MR) is 162 cm³/mol. The third-order valence-electron chi connectivity index (χ3n) is 11.4. The summed E-state index contributed by atoms with van der Waals surface area (Å²) >= 11 is 0. The highest BCUT2D eigenvalue weighted by molar-refractivity contribution is 7.92. The van der Waals surface area contributed by atoms with Crippen LogP contribution in [0.2, 0.25) is 18.1 Å². The van der Waals surface area contributed by atoms with Crippen molar-refractivity contribution in [1.29, 1.82) is 0 Å². The SMILES string of the molecule is COC(=O)CCC[C@@H](C)C1CCC2/C(=C/C3C4=C(CC[C@H](O[Si](C)(C)C(C)(C)C)C4)CS3(=O)=O)CCC[C@@]21C. The fourth-order valence-corrected chi connectivity index (χ4v) is 11.7. The minimum atomic E-state index is -3.20. The normalized spacial score (nSPS) is 34.6. The van der Waals surface area contributed by atoms with E-state index in [2.05, 4.69) is 53.8 Å². The molecule has 0 bridgehead atoms. The van der Waals surface area contributed by atoms with E-state index >= 15 is 0 Å². The van der Waals surface area contributed by atoms with Crippen LogP contribution >= 0.6 is 0 Å². The molecule has 0 aromatic rings. The average molecular weight is 579 g/mol. The maximum absolute atomic E-state index is 13.5. The molecule has 0 aromatic heterocycles. The number of carbonyl (C=O) groups is 1. The van der Waals surface area contributed by atoms with Gasteiger partial charge in [-0.15, -0.1) is 0 Å². The van der Waals surface area contributed by atoms with Crippen LogP contribution in [0.1, 0.15) is 105 Å². The summed E-state index contributed by atoms with van der Waals surface area (Å²) in [5.74, 6) is 1.77. The summed E-state index contributed by atoms with van der Waals surface area (Å²) < 4.78 is 38.7. The van der Waals surface area contributed by atoms with E-state index in [1.807, 2.05) is 0 Å². The molecule has 222 valence electrons. The fourth-order valence-electron chi connectivity index (χ4n) is 8.20. The summed E-state index contributed by atoms with van der Waals surface area (Å²) in [4.78, 5) is 11.6. The van der Waals surface area contributed by atoms with E-state index < -0.39 is 23.4 Å². The summed E-state index contributed by atoms with van der Waals surface area (Å²) in [7, 11) is -3.66. The van der Waals surface area contributed by atoms with Crippen molar-refractivity contribution in [3.8, 4) is 0 Å². The molecule has 4 aliphatic rings. The van der Waals surface area contributed by atoms with E-state index in [-0.39, 0.29) is 28.3 Å². The molecule has 0 amide bonds. The number of fused-ring (bicyclic) bond motifs is 1. The van der Waals surface area contributed by atoms with Crippen LogP contribution in [-0.2, 0) is 23.8 Å². The van der Waals surface area contributed by atoms with E-state index in [0.29, 0.717) is 24.2 Å². The van der Waals surface area contributed by atoms with Gasteiger partial charge in [-0.25, -0.2) is 8.42 Å². The molecular weight excluding hydrogens is 525 g/mol. The van der Waals surface area contributed by atoms with Crippen LogP contribution in [0.4, 0.5) is 0 Å². The Hall–Kier alpha value is -0.923. The predicted octanol–water partition coefficient (Wildman–Crippen LogP) is 7.78. The summed E-state index contributed by atoms with van der Waals surface area (Å²) in [6.07, 6.45) is 13.1. The van der Waals surface area contributed by atoms with Crippen molar-refractivity contribution in [3.63, 3.8) is 0 Å². The highest BCUT2D eigenvalue weighted by Crippen LogP contribution is 2.60. The van der Waals surface area contributed by atoms with Gasteiger partial charge in [0, 0.05) is 12.5 Å². The zero-order chi connectivity index (χ0) is 28.8. The number of ether oxygens (including phenoxy) is 1. The Balaban J connectivity index is 1.52. The molecule has 0 radical (unpaired) electrons. The first-order valence-electron chi connectivity index (χ1n) is 15.5. The summed E-state index contributed by atoms with van der Waals surface area (Å²) in [6, 6.07) is 0. The lowest BCUT2D eigenvalue weighted by Crippen LogP contribution is -2.44.